The predicted molar refractivity (Wildman–Crippen MR) is 76.2 cm³/mol. The quantitative estimate of drug-likeness (QED) is 0.866. The molecule has 5 nitrogen and oxygen atoms in total. The second kappa shape index (κ2) is 5.77. The molecule has 1 aromatic heterocycles. The number of hydrogen-bond acceptors (Lipinski definition) is 3. The number of ether oxygens (including phenoxy) is 1. The molecule has 1 heterocycles. The van der Waals surface area contributed by atoms with Gasteiger partial charge in [0.1, 0.15) is 0 Å². The number of carbonyl (C=O) groups excluding carboxylic acids is 1. The van der Waals surface area contributed by atoms with Crippen LogP contribution < -0.4 is 5.56 Å². The SMILES string of the molecule is CCOC(=O)Cc1c(C)[nH]n(-c2cccc(C)c2)c1=O. The van der Waals surface area contributed by atoms with Crippen molar-refractivity contribution in [1.82, 2.24) is 9.78 Å². The maximum absolute atomic E-state index is 12.4. The van der Waals surface area contributed by atoms with Crippen LogP contribution in [0.25, 0.3) is 5.69 Å². The van der Waals surface area contributed by atoms with E-state index in [0.717, 1.165) is 11.3 Å². The van der Waals surface area contributed by atoms with Crippen molar-refractivity contribution >= 4 is 5.97 Å². The van der Waals surface area contributed by atoms with Crippen molar-refractivity contribution in [3.63, 3.8) is 0 Å². The van der Waals surface area contributed by atoms with E-state index >= 15 is 0 Å². The molecule has 0 amide bonds. The van der Waals surface area contributed by atoms with Crippen molar-refractivity contribution in [2.24, 2.45) is 0 Å². The first-order valence-corrected chi connectivity index (χ1v) is 6.56. The van der Waals surface area contributed by atoms with Crippen molar-refractivity contribution in [2.45, 2.75) is 27.2 Å². The zero-order valence-corrected chi connectivity index (χ0v) is 11.9. The third-order valence-corrected chi connectivity index (χ3v) is 3.08. The van der Waals surface area contributed by atoms with Crippen molar-refractivity contribution in [3.8, 4) is 5.69 Å². The van der Waals surface area contributed by atoms with E-state index in [1.807, 2.05) is 31.2 Å². The minimum atomic E-state index is -0.386. The highest BCUT2D eigenvalue weighted by atomic mass is 16.5. The van der Waals surface area contributed by atoms with E-state index in [0.29, 0.717) is 17.9 Å². The molecule has 0 unspecified atom stereocenters. The van der Waals surface area contributed by atoms with E-state index in [1.54, 1.807) is 13.8 Å². The molecule has 0 aliphatic carbocycles. The van der Waals surface area contributed by atoms with E-state index in [9.17, 15) is 9.59 Å². The van der Waals surface area contributed by atoms with Crippen molar-refractivity contribution < 1.29 is 9.53 Å². The molecule has 20 heavy (non-hydrogen) atoms. The van der Waals surface area contributed by atoms with Crippen LogP contribution in [-0.2, 0) is 16.0 Å². The van der Waals surface area contributed by atoms with Gasteiger partial charge >= 0.3 is 5.97 Å². The molecule has 1 N–H and O–H groups in total. The summed E-state index contributed by atoms with van der Waals surface area (Å²) in [6.07, 6.45) is -0.00613. The van der Waals surface area contributed by atoms with Crippen LogP contribution in [0, 0.1) is 13.8 Å². The van der Waals surface area contributed by atoms with Gasteiger partial charge in [0.05, 0.1) is 24.3 Å². The largest absolute Gasteiger partial charge is 0.466 e. The number of nitrogens with one attached hydrogen (secondary N) is 1. The number of hydrogen-bond donors (Lipinski definition) is 1. The fourth-order valence-electron chi connectivity index (χ4n) is 2.09. The van der Waals surface area contributed by atoms with Crippen LogP contribution in [0.3, 0.4) is 0 Å². The Hall–Kier alpha value is -2.30. The first kappa shape index (κ1) is 14.1. The summed E-state index contributed by atoms with van der Waals surface area (Å²) in [5, 5.41) is 3.00. The second-order valence-corrected chi connectivity index (χ2v) is 4.68. The number of aryl methyl sites for hydroxylation is 2. The summed E-state index contributed by atoms with van der Waals surface area (Å²) in [5.74, 6) is -0.386. The first-order chi connectivity index (χ1) is 9.52. The minimum absolute atomic E-state index is 0.00613. The van der Waals surface area contributed by atoms with Gasteiger partial charge in [-0.1, -0.05) is 12.1 Å². The molecule has 2 aromatic rings. The van der Waals surface area contributed by atoms with Gasteiger partial charge in [0.25, 0.3) is 5.56 Å². The van der Waals surface area contributed by atoms with Gasteiger partial charge in [0.2, 0.25) is 0 Å². The summed E-state index contributed by atoms with van der Waals surface area (Å²) < 4.78 is 6.34. The molecule has 0 atom stereocenters. The number of aromatic amines is 1. The third kappa shape index (κ3) is 2.82. The molecule has 106 valence electrons. The van der Waals surface area contributed by atoms with E-state index < -0.39 is 0 Å². The lowest BCUT2D eigenvalue weighted by Gasteiger charge is -2.02. The van der Waals surface area contributed by atoms with Gasteiger partial charge < -0.3 is 4.74 Å². The molecular weight excluding hydrogens is 256 g/mol. The molecular formula is C15H18N2O3. The Morgan fingerprint density at radius 1 is 1.35 bits per heavy atom. The minimum Gasteiger partial charge on any atom is -0.466 e. The topological polar surface area (TPSA) is 64.1 Å². The van der Waals surface area contributed by atoms with Gasteiger partial charge in [-0.05, 0) is 38.5 Å². The molecule has 0 radical (unpaired) electrons. The van der Waals surface area contributed by atoms with Crippen molar-refractivity contribution in [1.29, 1.82) is 0 Å². The number of nitrogens with zero attached hydrogens (tertiary/aromatic N) is 1. The van der Waals surface area contributed by atoms with Gasteiger partial charge in [-0.3, -0.25) is 14.7 Å². The van der Waals surface area contributed by atoms with E-state index in [4.69, 9.17) is 4.74 Å². The Morgan fingerprint density at radius 2 is 2.10 bits per heavy atom. The van der Waals surface area contributed by atoms with Gasteiger partial charge in [0.15, 0.2) is 0 Å². The van der Waals surface area contributed by atoms with Crippen LogP contribution in [0.4, 0.5) is 0 Å². The fraction of sp³-hybridized carbons (Fsp3) is 0.333. The highest BCUT2D eigenvalue weighted by molar-refractivity contribution is 5.72. The molecule has 0 saturated carbocycles. The van der Waals surface area contributed by atoms with E-state index in [-0.39, 0.29) is 17.9 Å². The van der Waals surface area contributed by atoms with Gasteiger partial charge in [0, 0.05) is 5.69 Å². The van der Waals surface area contributed by atoms with Crippen molar-refractivity contribution in [2.75, 3.05) is 6.61 Å². The summed E-state index contributed by atoms with van der Waals surface area (Å²) >= 11 is 0. The highest BCUT2D eigenvalue weighted by Crippen LogP contribution is 2.10. The number of rotatable bonds is 4. The smallest absolute Gasteiger partial charge is 0.310 e. The van der Waals surface area contributed by atoms with Crippen LogP contribution in [0.1, 0.15) is 23.7 Å². The number of aromatic nitrogens is 2. The lowest BCUT2D eigenvalue weighted by atomic mass is 10.2. The summed E-state index contributed by atoms with van der Waals surface area (Å²) in [6, 6.07) is 7.60. The summed E-state index contributed by atoms with van der Waals surface area (Å²) in [5.41, 5.74) is 2.75. The second-order valence-electron chi connectivity index (χ2n) is 4.68. The average molecular weight is 274 g/mol. The maximum Gasteiger partial charge on any atom is 0.310 e. The Morgan fingerprint density at radius 3 is 2.75 bits per heavy atom. The van der Waals surface area contributed by atoms with Gasteiger partial charge in [-0.15, -0.1) is 0 Å². The molecule has 0 saturated heterocycles. The number of esters is 1. The normalized spacial score (nSPS) is 10.6. The zero-order chi connectivity index (χ0) is 14.7. The highest BCUT2D eigenvalue weighted by Gasteiger charge is 2.16. The van der Waals surface area contributed by atoms with Crippen LogP contribution in [-0.4, -0.2) is 22.4 Å². The molecule has 1 aromatic carbocycles. The van der Waals surface area contributed by atoms with Crippen LogP contribution >= 0.6 is 0 Å². The Balaban J connectivity index is 2.39. The molecule has 0 aliphatic heterocycles. The molecule has 0 fully saturated rings. The Kier molecular flexibility index (Phi) is 4.08. The number of benzene rings is 1. The number of carbonyl (C=O) groups is 1. The average Bonchev–Trinajstić information content (AvgIpc) is 2.67. The van der Waals surface area contributed by atoms with Crippen LogP contribution in [0.5, 0.6) is 0 Å². The molecule has 5 heteroatoms. The standard InChI is InChI=1S/C15H18N2O3/c1-4-20-14(18)9-13-11(3)16-17(15(13)19)12-7-5-6-10(2)8-12/h5-8,16H,4,9H2,1-3H3. The molecule has 2 rings (SSSR count). The molecule has 0 aliphatic rings. The summed E-state index contributed by atoms with van der Waals surface area (Å²) in [4.78, 5) is 23.9. The maximum atomic E-state index is 12.4. The van der Waals surface area contributed by atoms with Crippen LogP contribution in [0.2, 0.25) is 0 Å². The predicted octanol–water partition coefficient (Wildman–Crippen LogP) is 1.89. The third-order valence-electron chi connectivity index (χ3n) is 3.08. The number of H-pyrrole nitrogens is 1. The molecule has 0 spiro atoms. The first-order valence-electron chi connectivity index (χ1n) is 6.56. The van der Waals surface area contributed by atoms with Gasteiger partial charge in [-0.2, -0.15) is 0 Å². The Labute approximate surface area is 117 Å². The molecule has 0 bridgehead atoms. The Bertz CT molecular complexity index is 683. The van der Waals surface area contributed by atoms with Gasteiger partial charge in [-0.25, -0.2) is 4.68 Å². The monoisotopic (exact) mass is 274 g/mol. The summed E-state index contributed by atoms with van der Waals surface area (Å²) in [6.45, 7) is 5.80. The van der Waals surface area contributed by atoms with Crippen molar-refractivity contribution in [3.05, 3.63) is 51.4 Å². The van der Waals surface area contributed by atoms with E-state index in [2.05, 4.69) is 5.10 Å². The summed E-state index contributed by atoms with van der Waals surface area (Å²) in [7, 11) is 0. The lowest BCUT2D eigenvalue weighted by molar-refractivity contribution is -0.142. The van der Waals surface area contributed by atoms with E-state index in [1.165, 1.54) is 4.68 Å². The lowest BCUT2D eigenvalue weighted by Crippen LogP contribution is -2.20. The zero-order valence-electron chi connectivity index (χ0n) is 11.9. The fourth-order valence-corrected chi connectivity index (χ4v) is 2.09. The van der Waals surface area contributed by atoms with Crippen LogP contribution in [0.15, 0.2) is 29.1 Å².